The lowest BCUT2D eigenvalue weighted by Gasteiger charge is -2.21. The number of halogens is 1. The standard InChI is InChI=1S/C13H16ClNO/c1-7(2)8(3)11-9-5-4-6-10(14)12(9)15-13(11)16/h4-8,11H,1-3H3,(H,15,16). The van der Waals surface area contributed by atoms with Gasteiger partial charge in [-0.05, 0) is 23.5 Å². The summed E-state index contributed by atoms with van der Waals surface area (Å²) < 4.78 is 0. The third-order valence-electron chi connectivity index (χ3n) is 3.49. The van der Waals surface area contributed by atoms with Crippen molar-refractivity contribution in [1.29, 1.82) is 0 Å². The lowest BCUT2D eigenvalue weighted by Crippen LogP contribution is -2.22. The fraction of sp³-hybridized carbons (Fsp3) is 0.462. The molecule has 86 valence electrons. The maximum atomic E-state index is 12.0. The van der Waals surface area contributed by atoms with Gasteiger partial charge in [0.25, 0.3) is 0 Å². The van der Waals surface area contributed by atoms with E-state index in [0.29, 0.717) is 16.9 Å². The van der Waals surface area contributed by atoms with Gasteiger partial charge in [0, 0.05) is 0 Å². The Balaban J connectivity index is 2.44. The van der Waals surface area contributed by atoms with Crippen LogP contribution in [-0.4, -0.2) is 5.91 Å². The van der Waals surface area contributed by atoms with Crippen LogP contribution in [0.25, 0.3) is 0 Å². The molecule has 2 atom stereocenters. The number of nitrogens with one attached hydrogen (secondary N) is 1. The molecule has 0 saturated heterocycles. The predicted octanol–water partition coefficient (Wildman–Crippen LogP) is 3.67. The lowest BCUT2D eigenvalue weighted by atomic mass is 9.81. The SMILES string of the molecule is CC(C)C(C)C1C(=O)Nc2c(Cl)cccc21. The second-order valence-corrected chi connectivity index (χ2v) is 5.18. The topological polar surface area (TPSA) is 29.1 Å². The molecule has 1 aromatic rings. The summed E-state index contributed by atoms with van der Waals surface area (Å²) in [5, 5.41) is 3.51. The van der Waals surface area contributed by atoms with Crippen LogP contribution in [-0.2, 0) is 4.79 Å². The number of rotatable bonds is 2. The maximum absolute atomic E-state index is 12.0. The van der Waals surface area contributed by atoms with Gasteiger partial charge in [0.2, 0.25) is 5.91 Å². The predicted molar refractivity (Wildman–Crippen MR) is 66.8 cm³/mol. The number of amides is 1. The van der Waals surface area contributed by atoms with E-state index in [9.17, 15) is 4.79 Å². The molecule has 0 aliphatic carbocycles. The Kier molecular flexibility index (Phi) is 2.94. The van der Waals surface area contributed by atoms with Gasteiger partial charge in [-0.2, -0.15) is 0 Å². The zero-order chi connectivity index (χ0) is 11.9. The molecule has 1 heterocycles. The Bertz CT molecular complexity index is 428. The summed E-state index contributed by atoms with van der Waals surface area (Å²) in [6, 6.07) is 5.70. The van der Waals surface area contributed by atoms with Crippen LogP contribution in [0.4, 0.5) is 5.69 Å². The largest absolute Gasteiger partial charge is 0.324 e. The van der Waals surface area contributed by atoms with Gasteiger partial charge in [-0.1, -0.05) is 44.5 Å². The number of para-hydroxylation sites is 1. The minimum Gasteiger partial charge on any atom is -0.324 e. The van der Waals surface area contributed by atoms with Crippen LogP contribution >= 0.6 is 11.6 Å². The molecule has 3 heteroatoms. The van der Waals surface area contributed by atoms with Gasteiger partial charge in [-0.3, -0.25) is 4.79 Å². The van der Waals surface area contributed by atoms with Crippen LogP contribution in [0.3, 0.4) is 0 Å². The van der Waals surface area contributed by atoms with Crippen molar-refractivity contribution in [2.75, 3.05) is 5.32 Å². The van der Waals surface area contributed by atoms with Crippen LogP contribution < -0.4 is 5.32 Å². The summed E-state index contributed by atoms with van der Waals surface area (Å²) in [5.41, 5.74) is 1.84. The highest BCUT2D eigenvalue weighted by Gasteiger charge is 2.36. The number of carbonyl (C=O) groups is 1. The molecule has 2 rings (SSSR count). The third kappa shape index (κ3) is 1.71. The van der Waals surface area contributed by atoms with Crippen molar-refractivity contribution < 1.29 is 4.79 Å². The van der Waals surface area contributed by atoms with Crippen molar-refractivity contribution in [2.45, 2.75) is 26.7 Å². The molecule has 2 nitrogen and oxygen atoms in total. The molecule has 0 bridgehead atoms. The van der Waals surface area contributed by atoms with E-state index in [0.717, 1.165) is 11.3 Å². The number of hydrogen-bond donors (Lipinski definition) is 1. The van der Waals surface area contributed by atoms with E-state index in [4.69, 9.17) is 11.6 Å². The molecule has 0 radical (unpaired) electrons. The normalized spacial score (nSPS) is 20.8. The molecule has 1 aromatic carbocycles. The summed E-state index contributed by atoms with van der Waals surface area (Å²) in [6.45, 7) is 6.39. The van der Waals surface area contributed by atoms with Crippen LogP contribution in [0, 0.1) is 11.8 Å². The van der Waals surface area contributed by atoms with Crippen molar-refractivity contribution in [2.24, 2.45) is 11.8 Å². The zero-order valence-electron chi connectivity index (χ0n) is 9.75. The molecule has 1 aliphatic heterocycles. The maximum Gasteiger partial charge on any atom is 0.232 e. The number of fused-ring (bicyclic) bond motifs is 1. The van der Waals surface area contributed by atoms with Crippen molar-refractivity contribution in [3.8, 4) is 0 Å². The average molecular weight is 238 g/mol. The van der Waals surface area contributed by atoms with Gasteiger partial charge >= 0.3 is 0 Å². The third-order valence-corrected chi connectivity index (χ3v) is 3.80. The van der Waals surface area contributed by atoms with Crippen molar-refractivity contribution in [1.82, 2.24) is 0 Å². The van der Waals surface area contributed by atoms with Crippen molar-refractivity contribution >= 4 is 23.2 Å². The Morgan fingerprint density at radius 3 is 2.62 bits per heavy atom. The number of anilines is 1. The van der Waals surface area contributed by atoms with Crippen LogP contribution in [0.5, 0.6) is 0 Å². The second kappa shape index (κ2) is 4.10. The highest BCUT2D eigenvalue weighted by atomic mass is 35.5. The molecule has 0 spiro atoms. The lowest BCUT2D eigenvalue weighted by molar-refractivity contribution is -0.118. The molecule has 16 heavy (non-hydrogen) atoms. The average Bonchev–Trinajstić information content (AvgIpc) is 2.55. The first-order valence-corrected chi connectivity index (χ1v) is 5.99. The number of benzene rings is 1. The van der Waals surface area contributed by atoms with Gasteiger partial charge < -0.3 is 5.32 Å². The van der Waals surface area contributed by atoms with Gasteiger partial charge in [-0.15, -0.1) is 0 Å². The molecule has 2 unspecified atom stereocenters. The molecular formula is C13H16ClNO. The van der Waals surface area contributed by atoms with E-state index in [1.165, 1.54) is 0 Å². The molecular weight excluding hydrogens is 222 g/mol. The molecule has 0 aromatic heterocycles. The Morgan fingerprint density at radius 2 is 2.00 bits per heavy atom. The Morgan fingerprint density at radius 1 is 1.31 bits per heavy atom. The molecule has 1 aliphatic rings. The summed E-state index contributed by atoms with van der Waals surface area (Å²) >= 11 is 6.07. The van der Waals surface area contributed by atoms with Crippen LogP contribution in [0.15, 0.2) is 18.2 Å². The minimum atomic E-state index is -0.0614. The fourth-order valence-corrected chi connectivity index (χ4v) is 2.41. The highest BCUT2D eigenvalue weighted by Crippen LogP contribution is 2.42. The quantitative estimate of drug-likeness (QED) is 0.836. The Labute approximate surface area is 101 Å². The second-order valence-electron chi connectivity index (χ2n) is 4.77. The van der Waals surface area contributed by atoms with Crippen molar-refractivity contribution in [3.05, 3.63) is 28.8 Å². The van der Waals surface area contributed by atoms with E-state index in [-0.39, 0.29) is 11.8 Å². The summed E-state index contributed by atoms with van der Waals surface area (Å²) in [7, 11) is 0. The minimum absolute atomic E-state index is 0.0614. The van der Waals surface area contributed by atoms with Crippen LogP contribution in [0.2, 0.25) is 5.02 Å². The number of carbonyl (C=O) groups excluding carboxylic acids is 1. The molecule has 1 N–H and O–H groups in total. The fourth-order valence-electron chi connectivity index (χ4n) is 2.18. The zero-order valence-corrected chi connectivity index (χ0v) is 10.5. The van der Waals surface area contributed by atoms with E-state index in [1.807, 2.05) is 18.2 Å². The van der Waals surface area contributed by atoms with Gasteiger partial charge in [-0.25, -0.2) is 0 Å². The monoisotopic (exact) mass is 237 g/mol. The summed E-state index contributed by atoms with van der Waals surface area (Å²) in [5.74, 6) is 0.804. The van der Waals surface area contributed by atoms with E-state index >= 15 is 0 Å². The number of hydrogen-bond acceptors (Lipinski definition) is 1. The first-order chi connectivity index (χ1) is 7.52. The highest BCUT2D eigenvalue weighted by molar-refractivity contribution is 6.34. The molecule has 0 saturated carbocycles. The van der Waals surface area contributed by atoms with E-state index in [2.05, 4.69) is 26.1 Å². The van der Waals surface area contributed by atoms with Gasteiger partial charge in [0.15, 0.2) is 0 Å². The Hall–Kier alpha value is -1.02. The molecule has 0 fully saturated rings. The first kappa shape index (κ1) is 11.5. The van der Waals surface area contributed by atoms with E-state index in [1.54, 1.807) is 0 Å². The van der Waals surface area contributed by atoms with Gasteiger partial charge in [0.1, 0.15) is 0 Å². The molecule has 1 amide bonds. The summed E-state index contributed by atoms with van der Waals surface area (Å²) in [6.07, 6.45) is 0. The van der Waals surface area contributed by atoms with Gasteiger partial charge in [0.05, 0.1) is 16.6 Å². The van der Waals surface area contributed by atoms with Crippen molar-refractivity contribution in [3.63, 3.8) is 0 Å². The smallest absolute Gasteiger partial charge is 0.232 e. The first-order valence-electron chi connectivity index (χ1n) is 5.61. The van der Waals surface area contributed by atoms with Crippen LogP contribution in [0.1, 0.15) is 32.3 Å². The summed E-state index contributed by atoms with van der Waals surface area (Å²) in [4.78, 5) is 12.0. The van der Waals surface area contributed by atoms with E-state index < -0.39 is 0 Å².